The van der Waals surface area contributed by atoms with Crippen molar-refractivity contribution in [2.24, 2.45) is 0 Å². The number of hydrogen-bond acceptors (Lipinski definition) is 4. The fraction of sp³-hybridized carbons (Fsp3) is 0.786. The van der Waals surface area contributed by atoms with E-state index in [0.717, 1.165) is 12.8 Å². The van der Waals surface area contributed by atoms with Crippen LogP contribution in [0.2, 0.25) is 0 Å². The number of unbranched alkanes of at least 4 members (excludes halogenated alkanes) is 4. The van der Waals surface area contributed by atoms with Gasteiger partial charge in [-0.15, -0.1) is 0 Å². The quantitative estimate of drug-likeness (QED) is 0.208. The molecule has 0 rings (SSSR count). The normalized spacial score (nSPS) is 11.9. The number of ether oxygens (including phenoxy) is 1. The third kappa shape index (κ3) is 8.90. The van der Waals surface area contributed by atoms with E-state index in [1.165, 1.54) is 19.3 Å². The summed E-state index contributed by atoms with van der Waals surface area (Å²) in [5.74, 6) is -0.958. The molecular weight excluding hydrogens is 262 g/mol. The van der Waals surface area contributed by atoms with E-state index in [4.69, 9.17) is 9.84 Å². The zero-order valence-electron chi connectivity index (χ0n) is 12.3. The van der Waals surface area contributed by atoms with Crippen LogP contribution in [0.15, 0.2) is 12.3 Å². The second-order valence-electron chi connectivity index (χ2n) is 5.01. The van der Waals surface area contributed by atoms with Crippen LogP contribution in [-0.2, 0) is 9.53 Å². The standard InChI is InChI=1S/C14H27NO5/c1-2-3-4-5-6-7-10-20-13-15(11-16,12-17)9-8-14(18)19/h7,10,16-17H,2-6,8-9,11-13H2,1H3/p+1/b10-7+. The molecule has 0 aromatic heterocycles. The average molecular weight is 290 g/mol. The second-order valence-corrected chi connectivity index (χ2v) is 5.01. The molecule has 0 aliphatic carbocycles. The largest absolute Gasteiger partial charge is 0.481 e. The summed E-state index contributed by atoms with van der Waals surface area (Å²) in [7, 11) is 0. The van der Waals surface area contributed by atoms with E-state index in [9.17, 15) is 15.0 Å². The molecule has 0 fully saturated rings. The number of aliphatic carboxylic acids is 1. The highest BCUT2D eigenvalue weighted by Gasteiger charge is 2.26. The molecule has 6 nitrogen and oxygen atoms in total. The molecular formula is C14H28NO5+. The van der Waals surface area contributed by atoms with E-state index in [2.05, 4.69) is 6.92 Å². The highest BCUT2D eigenvalue weighted by Crippen LogP contribution is 2.07. The predicted molar refractivity (Wildman–Crippen MR) is 75.4 cm³/mol. The molecule has 0 aliphatic rings. The Morgan fingerprint density at radius 3 is 2.45 bits per heavy atom. The van der Waals surface area contributed by atoms with Crippen LogP contribution in [-0.4, -0.2) is 52.5 Å². The van der Waals surface area contributed by atoms with Crippen molar-refractivity contribution < 1.29 is 29.3 Å². The number of carboxylic acids is 1. The maximum Gasteiger partial charge on any atom is 0.309 e. The van der Waals surface area contributed by atoms with Crippen LogP contribution in [0.25, 0.3) is 0 Å². The maximum absolute atomic E-state index is 10.6. The first-order valence-electron chi connectivity index (χ1n) is 7.15. The summed E-state index contributed by atoms with van der Waals surface area (Å²) in [5, 5.41) is 27.3. The first-order valence-corrected chi connectivity index (χ1v) is 7.15. The molecule has 0 heterocycles. The van der Waals surface area contributed by atoms with Gasteiger partial charge < -0.3 is 20.1 Å². The minimum absolute atomic E-state index is 0.0612. The number of carboxylic acid groups (broad SMARTS) is 1. The summed E-state index contributed by atoms with van der Waals surface area (Å²) in [5.41, 5.74) is 0. The molecule has 6 heteroatoms. The molecule has 118 valence electrons. The zero-order chi connectivity index (χ0) is 15.3. The Balaban J connectivity index is 3.95. The molecule has 0 aromatic carbocycles. The van der Waals surface area contributed by atoms with Crippen LogP contribution in [0.1, 0.15) is 45.4 Å². The van der Waals surface area contributed by atoms with E-state index < -0.39 is 5.97 Å². The summed E-state index contributed by atoms with van der Waals surface area (Å²) in [4.78, 5) is 10.6. The van der Waals surface area contributed by atoms with Gasteiger partial charge >= 0.3 is 5.97 Å². The van der Waals surface area contributed by atoms with E-state index in [1.54, 1.807) is 6.26 Å². The topological polar surface area (TPSA) is 87.0 Å². The fourth-order valence-corrected chi connectivity index (χ4v) is 1.69. The van der Waals surface area contributed by atoms with Crippen molar-refractivity contribution in [2.75, 3.05) is 26.7 Å². The minimum Gasteiger partial charge on any atom is -0.481 e. The van der Waals surface area contributed by atoms with Gasteiger partial charge in [0.05, 0.1) is 19.2 Å². The van der Waals surface area contributed by atoms with Gasteiger partial charge in [-0.05, 0) is 18.9 Å². The zero-order valence-corrected chi connectivity index (χ0v) is 12.3. The van der Waals surface area contributed by atoms with Gasteiger partial charge in [0.15, 0.2) is 13.5 Å². The Labute approximate surface area is 120 Å². The number of aliphatic hydroxyl groups excluding tert-OH is 2. The first-order chi connectivity index (χ1) is 9.60. The van der Waals surface area contributed by atoms with Crippen molar-refractivity contribution in [3.05, 3.63) is 12.3 Å². The van der Waals surface area contributed by atoms with Gasteiger partial charge in [-0.25, -0.2) is 4.48 Å². The van der Waals surface area contributed by atoms with Crippen molar-refractivity contribution in [1.82, 2.24) is 0 Å². The monoisotopic (exact) mass is 290 g/mol. The van der Waals surface area contributed by atoms with Crippen LogP contribution in [0.3, 0.4) is 0 Å². The number of hydrogen-bond donors (Lipinski definition) is 3. The van der Waals surface area contributed by atoms with E-state index in [1.807, 2.05) is 6.08 Å². The number of allylic oxidation sites excluding steroid dienone is 1. The Morgan fingerprint density at radius 2 is 1.90 bits per heavy atom. The summed E-state index contributed by atoms with van der Waals surface area (Å²) in [6.45, 7) is 1.65. The van der Waals surface area contributed by atoms with Crippen LogP contribution in [0.5, 0.6) is 0 Å². The molecule has 0 saturated heterocycles. The van der Waals surface area contributed by atoms with Gasteiger partial charge in [0, 0.05) is 0 Å². The summed E-state index contributed by atoms with van der Waals surface area (Å²) < 4.78 is 5.11. The highest BCUT2D eigenvalue weighted by molar-refractivity contribution is 5.66. The van der Waals surface area contributed by atoms with Gasteiger partial charge in [0.1, 0.15) is 0 Å². The molecule has 0 unspecified atom stereocenters. The van der Waals surface area contributed by atoms with Crippen LogP contribution >= 0.6 is 0 Å². The first kappa shape index (κ1) is 18.9. The lowest BCUT2D eigenvalue weighted by molar-refractivity contribution is -0.975. The average Bonchev–Trinajstić information content (AvgIpc) is 2.45. The van der Waals surface area contributed by atoms with Crippen LogP contribution in [0, 0.1) is 0 Å². The maximum atomic E-state index is 10.6. The molecule has 0 amide bonds. The lowest BCUT2D eigenvalue weighted by Gasteiger charge is -2.32. The Hall–Kier alpha value is -1.11. The van der Waals surface area contributed by atoms with Crippen molar-refractivity contribution in [3.8, 4) is 0 Å². The predicted octanol–water partition coefficient (Wildman–Crippen LogP) is 1.64. The molecule has 0 aromatic rings. The highest BCUT2D eigenvalue weighted by atomic mass is 16.5. The van der Waals surface area contributed by atoms with Gasteiger partial charge in [-0.3, -0.25) is 4.79 Å². The number of rotatable bonds is 13. The Kier molecular flexibility index (Phi) is 11.0. The van der Waals surface area contributed by atoms with Crippen LogP contribution < -0.4 is 0 Å². The molecule has 0 bridgehead atoms. The molecule has 0 aliphatic heterocycles. The lowest BCUT2D eigenvalue weighted by atomic mass is 10.1. The molecule has 0 saturated carbocycles. The van der Waals surface area contributed by atoms with Crippen LogP contribution in [0.4, 0.5) is 0 Å². The smallest absolute Gasteiger partial charge is 0.309 e. The third-order valence-corrected chi connectivity index (χ3v) is 3.17. The van der Waals surface area contributed by atoms with E-state index >= 15 is 0 Å². The van der Waals surface area contributed by atoms with Gasteiger partial charge in [0.2, 0.25) is 6.73 Å². The minimum atomic E-state index is -0.958. The fourth-order valence-electron chi connectivity index (χ4n) is 1.69. The van der Waals surface area contributed by atoms with Crippen molar-refractivity contribution in [3.63, 3.8) is 0 Å². The number of quaternary nitrogens is 1. The number of aliphatic hydroxyl groups is 2. The Morgan fingerprint density at radius 1 is 1.20 bits per heavy atom. The number of nitrogens with zero attached hydrogens (tertiary/aromatic N) is 1. The summed E-state index contributed by atoms with van der Waals surface area (Å²) in [6, 6.07) is 0. The summed E-state index contributed by atoms with van der Waals surface area (Å²) in [6.07, 6.45) is 9.05. The van der Waals surface area contributed by atoms with Crippen molar-refractivity contribution in [1.29, 1.82) is 0 Å². The number of carbonyl (C=O) groups is 1. The second kappa shape index (κ2) is 11.7. The third-order valence-electron chi connectivity index (χ3n) is 3.17. The molecule has 20 heavy (non-hydrogen) atoms. The van der Waals surface area contributed by atoms with Gasteiger partial charge in [0.25, 0.3) is 0 Å². The molecule has 0 radical (unpaired) electrons. The molecule has 3 N–H and O–H groups in total. The molecule has 0 atom stereocenters. The lowest BCUT2D eigenvalue weighted by Crippen LogP contribution is -2.51. The van der Waals surface area contributed by atoms with Crippen molar-refractivity contribution >= 4 is 5.97 Å². The van der Waals surface area contributed by atoms with Crippen molar-refractivity contribution in [2.45, 2.75) is 45.4 Å². The van der Waals surface area contributed by atoms with Gasteiger partial charge in [-0.2, -0.15) is 0 Å². The van der Waals surface area contributed by atoms with E-state index in [0.29, 0.717) is 0 Å². The Bertz CT molecular complexity index is 277. The molecule has 0 spiro atoms. The SMILES string of the molecule is CCCCCC/C=C/OC[N+](CO)(CO)CCC(=O)O. The van der Waals surface area contributed by atoms with Gasteiger partial charge in [-0.1, -0.05) is 26.2 Å². The van der Waals surface area contributed by atoms with E-state index in [-0.39, 0.29) is 37.6 Å². The summed E-state index contributed by atoms with van der Waals surface area (Å²) >= 11 is 0.